The molecule has 0 radical (unpaired) electrons. The molecule has 1 aromatic carbocycles. The molecule has 1 aromatic rings. The molecule has 0 atom stereocenters. The summed E-state index contributed by atoms with van der Waals surface area (Å²) in [5.74, 6) is -0.344. The number of anilines is 1. The topological polar surface area (TPSA) is 77.9 Å². The van der Waals surface area contributed by atoms with Crippen LogP contribution in [0.1, 0.15) is 19.8 Å². The van der Waals surface area contributed by atoms with E-state index in [1.54, 1.807) is 4.90 Å². The number of fused-ring (bicyclic) bond motifs is 1. The van der Waals surface area contributed by atoms with Gasteiger partial charge >= 0.3 is 0 Å². The Bertz CT molecular complexity index is 882. The number of amides is 1. The molecule has 0 spiro atoms. The molecule has 6 nitrogen and oxygen atoms in total. The summed E-state index contributed by atoms with van der Waals surface area (Å²) in [6.07, 6.45) is 0.928. The van der Waals surface area contributed by atoms with Crippen LogP contribution in [0, 0.1) is 0 Å². The number of rotatable bonds is 6. The van der Waals surface area contributed by atoms with Gasteiger partial charge in [-0.05, 0) is 31.9 Å². The van der Waals surface area contributed by atoms with E-state index in [0.29, 0.717) is 35.2 Å². The number of benzene rings is 1. The zero-order chi connectivity index (χ0) is 18.9. The van der Waals surface area contributed by atoms with Gasteiger partial charge in [-0.15, -0.1) is 0 Å². The largest absolute Gasteiger partial charge is 0.334 e. The maximum Gasteiger partial charge on any atom is 0.268 e. The first-order valence-electron chi connectivity index (χ1n) is 8.09. The molecule has 0 aromatic heterocycles. The van der Waals surface area contributed by atoms with Gasteiger partial charge in [0.2, 0.25) is 0 Å². The lowest BCUT2D eigenvalue weighted by atomic mass is 10.2. The van der Waals surface area contributed by atoms with Crippen LogP contribution in [0.2, 0.25) is 0 Å². The van der Waals surface area contributed by atoms with Gasteiger partial charge in [0.15, 0.2) is 0 Å². The van der Waals surface area contributed by atoms with Crippen LogP contribution >= 0.6 is 35.7 Å². The van der Waals surface area contributed by atoms with Gasteiger partial charge < -0.3 is 4.90 Å². The van der Waals surface area contributed by atoms with Crippen LogP contribution in [0.3, 0.4) is 0 Å². The summed E-state index contributed by atoms with van der Waals surface area (Å²) < 4.78 is 31.3. The highest BCUT2D eigenvalue weighted by Gasteiger charge is 2.38. The van der Waals surface area contributed by atoms with Crippen molar-refractivity contribution in [3.05, 3.63) is 34.2 Å². The first-order chi connectivity index (χ1) is 12.3. The first kappa shape index (κ1) is 19.7. The number of likely N-dealkylation sites (N-methyl/N-ethyl adjacent to an activating group) is 1. The van der Waals surface area contributed by atoms with Crippen molar-refractivity contribution in [1.29, 1.82) is 0 Å². The van der Waals surface area contributed by atoms with E-state index in [1.165, 1.54) is 23.5 Å². The molecular formula is C16H18N2O4S4. The molecule has 0 unspecified atom stereocenters. The molecule has 1 fully saturated rings. The lowest BCUT2D eigenvalue weighted by Crippen LogP contribution is -2.28. The number of carbonyl (C=O) groups is 1. The fourth-order valence-corrected chi connectivity index (χ4v) is 6.07. The summed E-state index contributed by atoms with van der Waals surface area (Å²) in [6.45, 7) is 2.99. The van der Waals surface area contributed by atoms with E-state index >= 15 is 0 Å². The number of hydrogen-bond acceptors (Lipinski definition) is 7. The normalized spacial score (nSPS) is 20.2. The highest BCUT2D eigenvalue weighted by atomic mass is 32.2. The van der Waals surface area contributed by atoms with E-state index in [9.17, 15) is 13.2 Å². The minimum Gasteiger partial charge on any atom is -0.334 e. The van der Waals surface area contributed by atoms with E-state index in [4.69, 9.17) is 16.8 Å². The number of para-hydroxylation sites is 1. The molecule has 2 aliphatic heterocycles. The van der Waals surface area contributed by atoms with Crippen molar-refractivity contribution in [3.8, 4) is 0 Å². The standard InChI is InChI=1S/C16H18N2O4S4/c1-2-17-14(19)13(25-16(17)23)15-18(9-5-6-10-26(20,21)22)11-7-3-4-8-12(11)24-15/h3-4,7-8H,2,5-6,9-10H2,1H3,(H,20,21,22)/b15-13-. The highest BCUT2D eigenvalue weighted by molar-refractivity contribution is 8.27. The Morgan fingerprint density at radius 3 is 2.54 bits per heavy atom. The summed E-state index contributed by atoms with van der Waals surface area (Å²) in [5, 5.41) is 0.839. The lowest BCUT2D eigenvalue weighted by Gasteiger charge is -2.21. The Balaban J connectivity index is 1.86. The second kappa shape index (κ2) is 7.89. The third kappa shape index (κ3) is 4.09. The van der Waals surface area contributed by atoms with Crippen LogP contribution in [-0.2, 0) is 14.9 Å². The Hall–Kier alpha value is -1.07. The van der Waals surface area contributed by atoms with Gasteiger partial charge in [-0.2, -0.15) is 8.42 Å². The van der Waals surface area contributed by atoms with Gasteiger partial charge in [-0.1, -0.05) is 47.9 Å². The van der Waals surface area contributed by atoms with Crippen LogP contribution < -0.4 is 4.90 Å². The molecule has 1 amide bonds. The summed E-state index contributed by atoms with van der Waals surface area (Å²) >= 11 is 8.16. The molecule has 2 aliphatic rings. The van der Waals surface area contributed by atoms with Gasteiger partial charge in [-0.25, -0.2) is 0 Å². The summed E-state index contributed by atoms with van der Waals surface area (Å²) in [6, 6.07) is 7.87. The molecule has 10 heteroatoms. The smallest absolute Gasteiger partial charge is 0.268 e. The van der Waals surface area contributed by atoms with Crippen molar-refractivity contribution in [2.24, 2.45) is 0 Å². The lowest BCUT2D eigenvalue weighted by molar-refractivity contribution is -0.122. The van der Waals surface area contributed by atoms with Gasteiger partial charge in [0, 0.05) is 18.0 Å². The van der Waals surface area contributed by atoms with Crippen LogP contribution in [-0.4, -0.2) is 46.9 Å². The Morgan fingerprint density at radius 2 is 1.88 bits per heavy atom. The minimum atomic E-state index is -3.95. The molecule has 0 bridgehead atoms. The Kier molecular flexibility index (Phi) is 5.97. The molecular weight excluding hydrogens is 412 g/mol. The van der Waals surface area contributed by atoms with E-state index in [2.05, 4.69) is 0 Å². The highest BCUT2D eigenvalue weighted by Crippen LogP contribution is 2.50. The molecule has 3 rings (SSSR count). The molecule has 2 heterocycles. The Labute approximate surface area is 166 Å². The summed E-state index contributed by atoms with van der Waals surface area (Å²) in [4.78, 5) is 18.0. The molecule has 0 saturated carbocycles. The van der Waals surface area contributed by atoms with Crippen LogP contribution in [0.4, 0.5) is 5.69 Å². The number of thioether (sulfide) groups is 2. The molecule has 1 N–H and O–H groups in total. The van der Waals surface area contributed by atoms with E-state index in [1.807, 2.05) is 36.1 Å². The molecule has 140 valence electrons. The zero-order valence-corrected chi connectivity index (χ0v) is 17.3. The number of thiocarbonyl (C=S) groups is 1. The van der Waals surface area contributed by atoms with Crippen LogP contribution in [0.25, 0.3) is 0 Å². The van der Waals surface area contributed by atoms with E-state index in [-0.39, 0.29) is 11.7 Å². The van der Waals surface area contributed by atoms with E-state index in [0.717, 1.165) is 15.6 Å². The number of unbranched alkanes of at least 4 members (excludes halogenated alkanes) is 1. The summed E-state index contributed by atoms with van der Waals surface area (Å²) in [5.41, 5.74) is 1.00. The average Bonchev–Trinajstić information content (AvgIpc) is 3.08. The van der Waals surface area contributed by atoms with Crippen molar-refractivity contribution < 1.29 is 17.8 Å². The average molecular weight is 431 g/mol. The second-order valence-corrected chi connectivity index (χ2v) is 10.0. The van der Waals surface area contributed by atoms with Gasteiger partial charge in [0.1, 0.15) is 14.3 Å². The zero-order valence-electron chi connectivity index (χ0n) is 14.0. The van der Waals surface area contributed by atoms with Gasteiger partial charge in [0.05, 0.1) is 11.4 Å². The van der Waals surface area contributed by atoms with Crippen molar-refractivity contribution in [1.82, 2.24) is 4.90 Å². The van der Waals surface area contributed by atoms with Crippen molar-refractivity contribution in [2.45, 2.75) is 24.7 Å². The first-order valence-corrected chi connectivity index (χ1v) is 11.7. The minimum absolute atomic E-state index is 0.0826. The van der Waals surface area contributed by atoms with Gasteiger partial charge in [-0.3, -0.25) is 14.2 Å². The monoisotopic (exact) mass is 430 g/mol. The second-order valence-electron chi connectivity index (χ2n) is 5.77. The number of carbonyl (C=O) groups excluding carboxylic acids is 1. The maximum atomic E-state index is 12.7. The SMILES string of the molecule is CCN1C(=O)/C(=C2/Sc3ccccc3N2CCCCS(=O)(=O)O)SC1=S. The molecule has 1 saturated heterocycles. The van der Waals surface area contributed by atoms with Crippen LogP contribution in [0.15, 0.2) is 39.1 Å². The maximum absolute atomic E-state index is 12.7. The number of nitrogens with zero attached hydrogens (tertiary/aromatic N) is 2. The third-order valence-electron chi connectivity index (χ3n) is 4.00. The molecule has 0 aliphatic carbocycles. The van der Waals surface area contributed by atoms with Crippen molar-refractivity contribution in [2.75, 3.05) is 23.7 Å². The van der Waals surface area contributed by atoms with Crippen molar-refractivity contribution in [3.63, 3.8) is 0 Å². The predicted octanol–water partition coefficient (Wildman–Crippen LogP) is 3.32. The fraction of sp³-hybridized carbons (Fsp3) is 0.375. The summed E-state index contributed by atoms with van der Waals surface area (Å²) in [7, 11) is -3.95. The van der Waals surface area contributed by atoms with E-state index < -0.39 is 10.1 Å². The quantitative estimate of drug-likeness (QED) is 0.319. The van der Waals surface area contributed by atoms with Crippen molar-refractivity contribution >= 4 is 61.8 Å². The van der Waals surface area contributed by atoms with Crippen LogP contribution in [0.5, 0.6) is 0 Å². The molecule has 26 heavy (non-hydrogen) atoms. The third-order valence-corrected chi connectivity index (χ3v) is 7.56. The fourth-order valence-electron chi connectivity index (χ4n) is 2.78. The van der Waals surface area contributed by atoms with Gasteiger partial charge in [0.25, 0.3) is 16.0 Å². The number of hydrogen-bond donors (Lipinski definition) is 1. The Morgan fingerprint density at radius 1 is 1.15 bits per heavy atom. The predicted molar refractivity (Wildman–Crippen MR) is 110 cm³/mol.